The number of allylic oxidation sites excluding steroid dienone is 1. The summed E-state index contributed by atoms with van der Waals surface area (Å²) in [6.07, 6.45) is 12.2. The number of hydrogen-bond donors (Lipinski definition) is 0. The summed E-state index contributed by atoms with van der Waals surface area (Å²) in [5, 5.41) is 0. The van der Waals surface area contributed by atoms with Crippen LogP contribution < -0.4 is 3.58 Å². The molecule has 0 fully saturated rings. The van der Waals surface area contributed by atoms with Gasteiger partial charge in [-0.2, -0.15) is 0 Å². The molecule has 0 aliphatic rings. The Kier molecular flexibility index (Phi) is 15.9. The van der Waals surface area contributed by atoms with Crippen LogP contribution in [0.3, 0.4) is 0 Å². The first kappa shape index (κ1) is 34.3. The van der Waals surface area contributed by atoms with Crippen LogP contribution in [0.2, 0.25) is 52.6 Å². The zero-order chi connectivity index (χ0) is 28.0. The Bertz CT molecular complexity index is 932. The van der Waals surface area contributed by atoms with Crippen molar-refractivity contribution < 1.29 is 0 Å². The van der Waals surface area contributed by atoms with E-state index in [1.165, 1.54) is 63.0 Å². The van der Waals surface area contributed by atoms with Crippen LogP contribution >= 0.6 is 0 Å². The van der Waals surface area contributed by atoms with Gasteiger partial charge in [-0.1, -0.05) is 0 Å². The van der Waals surface area contributed by atoms with Crippen LogP contribution in [-0.4, -0.2) is 34.5 Å². The second-order valence-electron chi connectivity index (χ2n) is 13.2. The quantitative estimate of drug-likeness (QED) is 0.132. The number of hydrogen-bond acceptors (Lipinski definition) is 0. The summed E-state index contributed by atoms with van der Waals surface area (Å²) in [7, 11) is -2.63. The van der Waals surface area contributed by atoms with Gasteiger partial charge < -0.3 is 0 Å². The Balaban J connectivity index is 3.47. The van der Waals surface area contributed by atoms with E-state index in [-0.39, 0.29) is 0 Å². The summed E-state index contributed by atoms with van der Waals surface area (Å²) in [6.45, 7) is 25.7. The maximum absolute atomic E-state index is 4.55. The molecule has 0 nitrogen and oxygen atoms in total. The van der Waals surface area contributed by atoms with E-state index >= 15 is 0 Å². The van der Waals surface area contributed by atoms with Crippen LogP contribution in [0, 0.1) is 22.9 Å². The van der Waals surface area contributed by atoms with E-state index in [9.17, 15) is 0 Å². The molecule has 0 heterocycles. The molecule has 0 aromatic heterocycles. The molecule has 0 saturated carbocycles. The first-order valence-electron chi connectivity index (χ1n) is 15.2. The van der Waals surface area contributed by atoms with Gasteiger partial charge in [-0.3, -0.25) is 0 Å². The Morgan fingerprint density at radius 2 is 1.24 bits per heavy atom. The zero-order valence-corrected chi connectivity index (χ0v) is 31.0. The molecule has 0 N–H and O–H groups in total. The van der Waals surface area contributed by atoms with Gasteiger partial charge in [0.15, 0.2) is 0 Å². The fourth-order valence-electron chi connectivity index (χ4n) is 5.04. The standard InChI is InChI=1S/C22H31Si2.3C4H9.Sn/c1-20(12-8-10-18-23(2,3)4)22-16-14-21(15-17-22)13-9-11-19-24(5,6)7;3*1-3-4-2;/h14,16-17H,1,8-9,12-13H2,2-7H3;3*1,3-4H2,2H3;. The molecule has 1 rings (SSSR count). The molecule has 0 atom stereocenters. The fraction of sp³-hybridized carbons (Fsp3) is 0.647. The SMILES string of the molecule is C=C(CCC#C[Si](C)(C)C)c1ccc(CCC#C[Si](C)(C)C)[c]([Sn]([CH2]CCC)([CH2]CCC)[CH2]CCC)c1. The molecule has 3 heteroatoms. The van der Waals surface area contributed by atoms with E-state index in [1.807, 2.05) is 3.58 Å². The number of aryl methyl sites for hydroxylation is 1. The van der Waals surface area contributed by atoms with Gasteiger partial charge in [-0.05, 0) is 0 Å². The number of benzene rings is 1. The van der Waals surface area contributed by atoms with Gasteiger partial charge in [-0.15, -0.1) is 0 Å². The van der Waals surface area contributed by atoms with Gasteiger partial charge in [0.05, 0.1) is 0 Å². The summed E-state index contributed by atoms with van der Waals surface area (Å²) in [6, 6.07) is 7.50. The van der Waals surface area contributed by atoms with Crippen molar-refractivity contribution in [2.24, 2.45) is 0 Å². The topological polar surface area (TPSA) is 0 Å². The molecule has 1 aromatic rings. The van der Waals surface area contributed by atoms with E-state index in [0.29, 0.717) is 0 Å². The molecule has 0 spiro atoms. The minimum atomic E-state index is -2.59. The van der Waals surface area contributed by atoms with E-state index in [4.69, 9.17) is 0 Å². The predicted molar refractivity (Wildman–Crippen MR) is 180 cm³/mol. The Morgan fingerprint density at radius 3 is 1.70 bits per heavy atom. The molecule has 0 unspecified atom stereocenters. The average Bonchev–Trinajstić information content (AvgIpc) is 2.83. The van der Waals surface area contributed by atoms with E-state index in [2.05, 4.69) is 108 Å². The van der Waals surface area contributed by atoms with Gasteiger partial charge >= 0.3 is 240 Å². The zero-order valence-electron chi connectivity index (χ0n) is 26.1. The van der Waals surface area contributed by atoms with E-state index in [0.717, 1.165) is 25.7 Å². The summed E-state index contributed by atoms with van der Waals surface area (Å²) in [4.78, 5) is 0. The Hall–Kier alpha value is -0.688. The average molecular weight is 642 g/mol. The second-order valence-corrected chi connectivity index (χ2v) is 35.8. The van der Waals surface area contributed by atoms with Crippen LogP contribution in [-0.2, 0) is 6.42 Å². The van der Waals surface area contributed by atoms with E-state index in [1.54, 1.807) is 5.56 Å². The van der Waals surface area contributed by atoms with Crippen LogP contribution in [0.25, 0.3) is 5.57 Å². The molecule has 37 heavy (non-hydrogen) atoms. The summed E-state index contributed by atoms with van der Waals surface area (Å²) in [5.41, 5.74) is 11.4. The van der Waals surface area contributed by atoms with E-state index < -0.39 is 34.5 Å². The monoisotopic (exact) mass is 642 g/mol. The molecule has 206 valence electrons. The van der Waals surface area contributed by atoms with Gasteiger partial charge in [0.2, 0.25) is 0 Å². The van der Waals surface area contributed by atoms with Crippen molar-refractivity contribution in [2.45, 2.75) is 138 Å². The van der Waals surface area contributed by atoms with Crippen molar-refractivity contribution >= 4 is 43.7 Å². The van der Waals surface area contributed by atoms with Crippen LogP contribution in [0.15, 0.2) is 24.8 Å². The molecular formula is C34H58Si2Sn. The second kappa shape index (κ2) is 17.1. The first-order chi connectivity index (χ1) is 17.4. The van der Waals surface area contributed by atoms with Crippen molar-refractivity contribution in [3.8, 4) is 22.9 Å². The molecule has 0 saturated heterocycles. The van der Waals surface area contributed by atoms with Gasteiger partial charge in [0, 0.05) is 0 Å². The van der Waals surface area contributed by atoms with Crippen molar-refractivity contribution in [3.05, 3.63) is 35.9 Å². The number of rotatable bonds is 15. The molecule has 1 aromatic carbocycles. The molecule has 0 aliphatic heterocycles. The minimum absolute atomic E-state index is 0.933. The molecular weight excluding hydrogens is 583 g/mol. The molecule has 0 amide bonds. The van der Waals surface area contributed by atoms with Gasteiger partial charge in [0.1, 0.15) is 0 Å². The molecule has 0 aliphatic carbocycles. The van der Waals surface area contributed by atoms with Gasteiger partial charge in [-0.25, -0.2) is 0 Å². The van der Waals surface area contributed by atoms with Crippen molar-refractivity contribution in [3.63, 3.8) is 0 Å². The van der Waals surface area contributed by atoms with Crippen LogP contribution in [0.1, 0.15) is 89.7 Å². The van der Waals surface area contributed by atoms with Crippen molar-refractivity contribution in [2.75, 3.05) is 0 Å². The van der Waals surface area contributed by atoms with Crippen molar-refractivity contribution in [1.29, 1.82) is 0 Å². The summed E-state index contributed by atoms with van der Waals surface area (Å²) < 4.78 is 6.36. The first-order valence-corrected chi connectivity index (χ1v) is 29.7. The van der Waals surface area contributed by atoms with Crippen molar-refractivity contribution in [1.82, 2.24) is 0 Å². The predicted octanol–water partition coefficient (Wildman–Crippen LogP) is 10.2. The van der Waals surface area contributed by atoms with Crippen LogP contribution in [0.5, 0.6) is 0 Å². The Morgan fingerprint density at radius 1 is 0.757 bits per heavy atom. The van der Waals surface area contributed by atoms with Crippen LogP contribution in [0.4, 0.5) is 0 Å². The van der Waals surface area contributed by atoms with Gasteiger partial charge in [0.25, 0.3) is 0 Å². The molecule has 0 radical (unpaired) electrons. The third-order valence-electron chi connectivity index (χ3n) is 7.11. The third kappa shape index (κ3) is 13.8. The fourth-order valence-corrected chi connectivity index (χ4v) is 23.5. The molecule has 0 bridgehead atoms. The summed E-state index contributed by atoms with van der Waals surface area (Å²) >= 11 is -2.59. The third-order valence-corrected chi connectivity index (χ3v) is 24.8. The maximum atomic E-state index is 4.55. The Labute approximate surface area is 238 Å². The summed E-state index contributed by atoms with van der Waals surface area (Å²) in [5.74, 6) is 7.04. The normalized spacial score (nSPS) is 11.9. The number of unbranched alkanes of at least 4 members (excludes halogenated alkanes) is 3.